The van der Waals surface area contributed by atoms with E-state index in [1.165, 1.54) is 17.4 Å². The van der Waals surface area contributed by atoms with Crippen LogP contribution in [0.5, 0.6) is 5.75 Å². The van der Waals surface area contributed by atoms with Gasteiger partial charge in [-0.1, -0.05) is 30.3 Å². The van der Waals surface area contributed by atoms with Crippen molar-refractivity contribution >= 4 is 17.5 Å². The highest BCUT2D eigenvalue weighted by Gasteiger charge is 2.30. The van der Waals surface area contributed by atoms with Crippen LogP contribution in [0.4, 0.5) is 5.69 Å². The molecule has 0 bridgehead atoms. The highest BCUT2D eigenvalue weighted by molar-refractivity contribution is 6.02. The number of likely N-dealkylation sites (tertiary alicyclic amines) is 1. The van der Waals surface area contributed by atoms with Gasteiger partial charge in [0.05, 0.1) is 12.3 Å². The molecule has 1 saturated heterocycles. The van der Waals surface area contributed by atoms with Gasteiger partial charge in [0.1, 0.15) is 5.75 Å². The Morgan fingerprint density at radius 3 is 2.80 bits per heavy atom. The quantitative estimate of drug-likeness (QED) is 0.653. The number of amides is 2. The Hall–Kier alpha value is -3.54. The largest absolute Gasteiger partial charge is 0.484 e. The Balaban J connectivity index is 1.38. The first-order valence-corrected chi connectivity index (χ1v) is 10.0. The molecule has 1 aliphatic heterocycles. The first-order chi connectivity index (χ1) is 14.6. The van der Waals surface area contributed by atoms with Crippen molar-refractivity contribution in [3.05, 3.63) is 83.8 Å². The van der Waals surface area contributed by atoms with Gasteiger partial charge in [-0.05, 0) is 55.2 Å². The zero-order valence-electron chi connectivity index (χ0n) is 16.8. The minimum atomic E-state index is -0.341. The van der Waals surface area contributed by atoms with Gasteiger partial charge >= 0.3 is 0 Å². The van der Waals surface area contributed by atoms with Crippen LogP contribution in [0.25, 0.3) is 0 Å². The van der Waals surface area contributed by atoms with E-state index in [1.54, 1.807) is 36.4 Å². The minimum absolute atomic E-state index is 0.0363. The van der Waals surface area contributed by atoms with E-state index in [9.17, 15) is 9.59 Å². The Kier molecular flexibility index (Phi) is 5.84. The van der Waals surface area contributed by atoms with Crippen LogP contribution in [-0.4, -0.2) is 29.9 Å². The molecule has 0 aliphatic carbocycles. The lowest BCUT2D eigenvalue weighted by Crippen LogP contribution is -2.34. The number of nitrogens with one attached hydrogen (secondary N) is 1. The van der Waals surface area contributed by atoms with Gasteiger partial charge in [0.2, 0.25) is 0 Å². The Bertz CT molecular complexity index is 1030. The van der Waals surface area contributed by atoms with E-state index in [4.69, 9.17) is 9.15 Å². The topological polar surface area (TPSA) is 71.8 Å². The van der Waals surface area contributed by atoms with Crippen LogP contribution in [0.3, 0.4) is 0 Å². The van der Waals surface area contributed by atoms with Gasteiger partial charge in [-0.25, -0.2) is 0 Å². The van der Waals surface area contributed by atoms with Gasteiger partial charge in [0.15, 0.2) is 12.4 Å². The van der Waals surface area contributed by atoms with Crippen LogP contribution >= 0.6 is 0 Å². The van der Waals surface area contributed by atoms with E-state index < -0.39 is 0 Å². The molecule has 1 N–H and O–H groups in total. The summed E-state index contributed by atoms with van der Waals surface area (Å²) in [5.74, 6) is 0.372. The summed E-state index contributed by atoms with van der Waals surface area (Å²) in [6.45, 7) is 2.77. The molecule has 0 radical (unpaired) electrons. The monoisotopic (exact) mass is 404 g/mol. The first kappa shape index (κ1) is 19.8. The number of carbonyl (C=O) groups excluding carboxylic acids is 2. The lowest BCUT2D eigenvalue weighted by molar-refractivity contribution is -0.134. The molecule has 6 nitrogen and oxygen atoms in total. The SMILES string of the molecule is Cc1ccccc1C1CCCN1C(=O)COc1cccc(NC(=O)c2ccco2)c1. The van der Waals surface area contributed by atoms with E-state index in [0.717, 1.165) is 19.4 Å². The highest BCUT2D eigenvalue weighted by atomic mass is 16.5. The van der Waals surface area contributed by atoms with Gasteiger partial charge in [0.25, 0.3) is 11.8 Å². The maximum atomic E-state index is 12.9. The van der Waals surface area contributed by atoms with Crippen LogP contribution in [-0.2, 0) is 4.79 Å². The number of nitrogens with zero attached hydrogens (tertiary/aromatic N) is 1. The number of anilines is 1. The Morgan fingerprint density at radius 1 is 1.13 bits per heavy atom. The van der Waals surface area contributed by atoms with Crippen LogP contribution in [0.2, 0.25) is 0 Å². The normalized spacial score (nSPS) is 15.8. The molecule has 0 spiro atoms. The van der Waals surface area contributed by atoms with Crippen molar-refractivity contribution in [3.63, 3.8) is 0 Å². The summed E-state index contributed by atoms with van der Waals surface area (Å²) in [6.07, 6.45) is 3.40. The second-order valence-corrected chi connectivity index (χ2v) is 7.35. The van der Waals surface area contributed by atoms with Gasteiger partial charge in [-0.2, -0.15) is 0 Å². The van der Waals surface area contributed by atoms with Crippen LogP contribution in [0.15, 0.2) is 71.3 Å². The van der Waals surface area contributed by atoms with Crippen molar-refractivity contribution in [1.82, 2.24) is 4.90 Å². The number of aryl methyl sites for hydroxylation is 1. The van der Waals surface area contributed by atoms with Gasteiger partial charge < -0.3 is 19.4 Å². The maximum Gasteiger partial charge on any atom is 0.291 e. The van der Waals surface area contributed by atoms with E-state index in [-0.39, 0.29) is 30.2 Å². The third kappa shape index (κ3) is 4.38. The average Bonchev–Trinajstić information content (AvgIpc) is 3.45. The average molecular weight is 404 g/mol. The molecule has 30 heavy (non-hydrogen) atoms. The van der Waals surface area contributed by atoms with Crippen molar-refractivity contribution in [3.8, 4) is 5.75 Å². The summed E-state index contributed by atoms with van der Waals surface area (Å²) in [5, 5.41) is 2.75. The van der Waals surface area contributed by atoms with Gasteiger partial charge in [-0.3, -0.25) is 9.59 Å². The van der Waals surface area contributed by atoms with E-state index in [1.807, 2.05) is 17.0 Å². The molecule has 2 amide bonds. The number of benzene rings is 2. The van der Waals surface area contributed by atoms with Crippen molar-refractivity contribution in [1.29, 1.82) is 0 Å². The fourth-order valence-electron chi connectivity index (χ4n) is 3.84. The highest BCUT2D eigenvalue weighted by Crippen LogP contribution is 2.33. The van der Waals surface area contributed by atoms with Gasteiger partial charge in [-0.15, -0.1) is 0 Å². The number of hydrogen-bond acceptors (Lipinski definition) is 4. The first-order valence-electron chi connectivity index (χ1n) is 10.0. The summed E-state index contributed by atoms with van der Waals surface area (Å²) in [4.78, 5) is 26.9. The maximum absolute atomic E-state index is 12.9. The molecular weight excluding hydrogens is 380 g/mol. The smallest absolute Gasteiger partial charge is 0.291 e. The lowest BCUT2D eigenvalue weighted by atomic mass is 9.99. The predicted octanol–water partition coefficient (Wildman–Crippen LogP) is 4.58. The number of rotatable bonds is 6. The van der Waals surface area contributed by atoms with E-state index in [2.05, 4.69) is 24.4 Å². The molecule has 1 fully saturated rings. The molecule has 6 heteroatoms. The number of ether oxygens (including phenoxy) is 1. The third-order valence-corrected chi connectivity index (χ3v) is 5.32. The van der Waals surface area contributed by atoms with Crippen LogP contribution < -0.4 is 10.1 Å². The molecule has 154 valence electrons. The minimum Gasteiger partial charge on any atom is -0.484 e. The zero-order valence-corrected chi connectivity index (χ0v) is 16.8. The Labute approximate surface area is 175 Å². The van der Waals surface area contributed by atoms with Gasteiger partial charge in [0, 0.05) is 18.3 Å². The van der Waals surface area contributed by atoms with Crippen molar-refractivity contribution in [2.75, 3.05) is 18.5 Å². The predicted molar refractivity (Wildman–Crippen MR) is 113 cm³/mol. The molecule has 1 atom stereocenters. The summed E-state index contributed by atoms with van der Waals surface area (Å²) in [6, 6.07) is 18.5. The van der Waals surface area contributed by atoms with Crippen molar-refractivity contribution < 1.29 is 18.7 Å². The molecule has 2 heterocycles. The standard InChI is InChI=1S/C24H24N2O4/c1-17-7-2-3-10-20(17)21-11-5-13-26(21)23(27)16-30-19-9-4-8-18(15-19)25-24(28)22-12-6-14-29-22/h2-4,6-10,12,14-15,21H,5,11,13,16H2,1H3,(H,25,28). The van der Waals surface area contributed by atoms with Crippen LogP contribution in [0.1, 0.15) is 40.6 Å². The number of hydrogen-bond donors (Lipinski definition) is 1. The molecular formula is C24H24N2O4. The molecule has 1 aromatic heterocycles. The molecule has 3 aromatic rings. The molecule has 0 saturated carbocycles. The fourth-order valence-corrected chi connectivity index (χ4v) is 3.84. The number of carbonyl (C=O) groups is 2. The van der Waals surface area contributed by atoms with Crippen molar-refractivity contribution in [2.24, 2.45) is 0 Å². The van der Waals surface area contributed by atoms with E-state index in [0.29, 0.717) is 11.4 Å². The second-order valence-electron chi connectivity index (χ2n) is 7.35. The summed E-state index contributed by atoms with van der Waals surface area (Å²) >= 11 is 0. The van der Waals surface area contributed by atoms with Crippen molar-refractivity contribution in [2.45, 2.75) is 25.8 Å². The second kappa shape index (κ2) is 8.86. The Morgan fingerprint density at radius 2 is 2.00 bits per heavy atom. The molecule has 4 rings (SSSR count). The summed E-state index contributed by atoms with van der Waals surface area (Å²) < 4.78 is 10.8. The van der Waals surface area contributed by atoms with Crippen LogP contribution in [0, 0.1) is 6.92 Å². The van der Waals surface area contributed by atoms with E-state index >= 15 is 0 Å². The summed E-state index contributed by atoms with van der Waals surface area (Å²) in [5.41, 5.74) is 2.97. The molecule has 1 aliphatic rings. The molecule has 1 unspecified atom stereocenters. The fraction of sp³-hybridized carbons (Fsp3) is 0.250. The summed E-state index contributed by atoms with van der Waals surface area (Å²) in [7, 11) is 0. The number of furan rings is 1. The lowest BCUT2D eigenvalue weighted by Gasteiger charge is -2.26. The molecule has 2 aromatic carbocycles. The third-order valence-electron chi connectivity index (χ3n) is 5.32. The zero-order chi connectivity index (χ0) is 20.9.